The van der Waals surface area contributed by atoms with Crippen molar-refractivity contribution < 1.29 is 9.59 Å². The Balaban J connectivity index is 2.08. The molecule has 7 nitrogen and oxygen atoms in total. The van der Waals surface area contributed by atoms with Crippen molar-refractivity contribution in [2.75, 3.05) is 25.4 Å². The molecular weight excluding hydrogens is 410 g/mol. The first-order valence-corrected chi connectivity index (χ1v) is 10.8. The van der Waals surface area contributed by atoms with E-state index < -0.39 is 5.92 Å². The van der Waals surface area contributed by atoms with Crippen molar-refractivity contribution in [1.29, 1.82) is 0 Å². The van der Waals surface area contributed by atoms with E-state index in [9.17, 15) is 9.59 Å². The lowest BCUT2D eigenvalue weighted by atomic mass is 9.98. The van der Waals surface area contributed by atoms with Gasteiger partial charge in [0.1, 0.15) is 0 Å². The fraction of sp³-hybridized carbons (Fsp3) is 0.450. The Hall–Kier alpha value is -2.16. The van der Waals surface area contributed by atoms with Gasteiger partial charge in [0.25, 0.3) is 0 Å². The summed E-state index contributed by atoms with van der Waals surface area (Å²) in [5.41, 5.74) is 6.38. The number of benzene rings is 1. The number of anilines is 1. The van der Waals surface area contributed by atoms with Crippen LogP contribution in [0.15, 0.2) is 30.5 Å². The number of nitrogens with one attached hydrogen (secondary N) is 2. The van der Waals surface area contributed by atoms with Crippen LogP contribution < -0.4 is 16.4 Å². The number of carbonyl (C=O) groups is 2. The maximum absolute atomic E-state index is 12.9. The van der Waals surface area contributed by atoms with E-state index in [-0.39, 0.29) is 24.4 Å². The summed E-state index contributed by atoms with van der Waals surface area (Å²) < 4.78 is 0. The molecule has 0 aliphatic heterocycles. The summed E-state index contributed by atoms with van der Waals surface area (Å²) in [5.74, 6) is -0.870. The molecule has 1 aromatic carbocycles. The second kappa shape index (κ2) is 11.1. The van der Waals surface area contributed by atoms with Crippen molar-refractivity contribution in [3.05, 3.63) is 45.9 Å². The molecule has 0 radical (unpaired) electrons. The van der Waals surface area contributed by atoms with E-state index >= 15 is 0 Å². The molecule has 2 amide bonds. The zero-order valence-corrected chi connectivity index (χ0v) is 18.5. The van der Waals surface area contributed by atoms with Gasteiger partial charge in [-0.05, 0) is 37.7 Å². The van der Waals surface area contributed by atoms with Crippen molar-refractivity contribution in [3.8, 4) is 0 Å². The van der Waals surface area contributed by atoms with E-state index in [2.05, 4.69) is 20.5 Å². The predicted molar refractivity (Wildman–Crippen MR) is 118 cm³/mol. The van der Waals surface area contributed by atoms with Gasteiger partial charge in [-0.25, -0.2) is 4.98 Å². The summed E-state index contributed by atoms with van der Waals surface area (Å²) >= 11 is 7.44. The van der Waals surface area contributed by atoms with Crippen LogP contribution in [0.5, 0.6) is 0 Å². The fourth-order valence-corrected chi connectivity index (χ4v) is 3.90. The van der Waals surface area contributed by atoms with E-state index in [4.69, 9.17) is 17.3 Å². The third kappa shape index (κ3) is 6.69. The van der Waals surface area contributed by atoms with Crippen LogP contribution in [-0.2, 0) is 16.1 Å². The summed E-state index contributed by atoms with van der Waals surface area (Å²) in [6.45, 7) is 7.97. The zero-order chi connectivity index (χ0) is 21.4. The number of likely N-dealkylation sites (N-methyl/N-ethyl adjacent to an activating group) is 1. The maximum atomic E-state index is 12.9. The van der Waals surface area contributed by atoms with Crippen molar-refractivity contribution in [2.45, 2.75) is 39.3 Å². The SMILES string of the molecule is CCN(CC)[C@@H](C)C(=O)NC[C@H](C(=O)NCc1cnc(N)s1)c1cccc(Cl)c1. The first kappa shape index (κ1) is 23.1. The highest BCUT2D eigenvalue weighted by Gasteiger charge is 2.24. The van der Waals surface area contributed by atoms with E-state index in [1.54, 1.807) is 24.4 Å². The zero-order valence-electron chi connectivity index (χ0n) is 16.9. The Bertz CT molecular complexity index is 825. The molecule has 2 rings (SSSR count). The topological polar surface area (TPSA) is 100 Å². The van der Waals surface area contributed by atoms with Gasteiger partial charge < -0.3 is 16.4 Å². The van der Waals surface area contributed by atoms with E-state index in [1.807, 2.05) is 26.8 Å². The third-order valence-electron chi connectivity index (χ3n) is 4.80. The second-order valence-electron chi connectivity index (χ2n) is 6.63. The molecule has 0 unspecified atom stereocenters. The number of amides is 2. The molecule has 0 aliphatic carbocycles. The van der Waals surface area contributed by atoms with E-state index in [1.165, 1.54) is 11.3 Å². The maximum Gasteiger partial charge on any atom is 0.237 e. The average molecular weight is 438 g/mol. The molecule has 0 aliphatic rings. The monoisotopic (exact) mass is 437 g/mol. The molecular formula is C20H28ClN5O2S. The molecule has 2 atom stereocenters. The fourth-order valence-electron chi connectivity index (χ4n) is 3.07. The van der Waals surface area contributed by atoms with Crippen molar-refractivity contribution in [2.24, 2.45) is 0 Å². The summed E-state index contributed by atoms with van der Waals surface area (Å²) in [6.07, 6.45) is 1.64. The van der Waals surface area contributed by atoms with Gasteiger partial charge in [0.05, 0.1) is 18.5 Å². The number of hydrogen-bond donors (Lipinski definition) is 3. The smallest absolute Gasteiger partial charge is 0.237 e. The first-order chi connectivity index (χ1) is 13.8. The van der Waals surface area contributed by atoms with Gasteiger partial charge in [0.2, 0.25) is 11.8 Å². The normalized spacial score (nSPS) is 13.1. The molecule has 1 heterocycles. The predicted octanol–water partition coefficient (Wildman–Crippen LogP) is 2.63. The highest BCUT2D eigenvalue weighted by Crippen LogP contribution is 2.21. The molecule has 29 heavy (non-hydrogen) atoms. The number of nitrogens with two attached hydrogens (primary N) is 1. The van der Waals surface area contributed by atoms with Crippen LogP contribution in [0.1, 0.15) is 37.1 Å². The number of nitrogens with zero attached hydrogens (tertiary/aromatic N) is 2. The molecule has 0 spiro atoms. The molecule has 158 valence electrons. The Morgan fingerprint density at radius 2 is 1.97 bits per heavy atom. The molecule has 1 aromatic heterocycles. The highest BCUT2D eigenvalue weighted by atomic mass is 35.5. The summed E-state index contributed by atoms with van der Waals surface area (Å²) in [4.78, 5) is 32.4. The van der Waals surface area contributed by atoms with Crippen LogP contribution in [0, 0.1) is 0 Å². The number of thiazole rings is 1. The molecule has 2 aromatic rings. The lowest BCUT2D eigenvalue weighted by Crippen LogP contribution is -2.47. The number of aromatic nitrogens is 1. The van der Waals surface area contributed by atoms with Crippen LogP contribution in [0.2, 0.25) is 5.02 Å². The van der Waals surface area contributed by atoms with Crippen LogP contribution >= 0.6 is 22.9 Å². The minimum Gasteiger partial charge on any atom is -0.375 e. The van der Waals surface area contributed by atoms with Crippen LogP contribution in [-0.4, -0.2) is 47.4 Å². The van der Waals surface area contributed by atoms with Gasteiger partial charge in [0, 0.05) is 22.6 Å². The summed E-state index contributed by atoms with van der Waals surface area (Å²) in [7, 11) is 0. The molecule has 0 saturated carbocycles. The summed E-state index contributed by atoms with van der Waals surface area (Å²) in [5, 5.41) is 6.81. The van der Waals surface area contributed by atoms with Gasteiger partial charge >= 0.3 is 0 Å². The quantitative estimate of drug-likeness (QED) is 0.530. The molecule has 0 fully saturated rings. The molecule has 0 bridgehead atoms. The van der Waals surface area contributed by atoms with Gasteiger partial charge in [-0.1, -0.05) is 37.6 Å². The Morgan fingerprint density at radius 3 is 2.55 bits per heavy atom. The van der Waals surface area contributed by atoms with Gasteiger partial charge in [-0.15, -0.1) is 11.3 Å². The number of nitrogen functional groups attached to an aromatic ring is 1. The molecule has 9 heteroatoms. The van der Waals surface area contributed by atoms with Gasteiger partial charge in [0.15, 0.2) is 5.13 Å². The van der Waals surface area contributed by atoms with Crippen LogP contribution in [0.3, 0.4) is 0 Å². The van der Waals surface area contributed by atoms with E-state index in [0.29, 0.717) is 16.7 Å². The summed E-state index contributed by atoms with van der Waals surface area (Å²) in [6, 6.07) is 6.86. The average Bonchev–Trinajstić information content (AvgIpc) is 3.12. The lowest BCUT2D eigenvalue weighted by Gasteiger charge is -2.26. The van der Waals surface area contributed by atoms with Gasteiger partial charge in [-0.3, -0.25) is 14.5 Å². The third-order valence-corrected chi connectivity index (χ3v) is 5.86. The lowest BCUT2D eigenvalue weighted by molar-refractivity contribution is -0.126. The Labute approximate surface area is 180 Å². The Kier molecular flexibility index (Phi) is 8.88. The van der Waals surface area contributed by atoms with Crippen LogP contribution in [0.4, 0.5) is 5.13 Å². The van der Waals surface area contributed by atoms with Gasteiger partial charge in [-0.2, -0.15) is 0 Å². The van der Waals surface area contributed by atoms with Crippen molar-refractivity contribution >= 4 is 39.9 Å². The number of rotatable bonds is 10. The standard InChI is InChI=1S/C20H28ClN5O2S/c1-4-26(5-2)13(3)18(27)24-12-17(14-7-6-8-15(21)9-14)19(28)23-10-16-11-25-20(22)29-16/h6-9,11,13,17H,4-5,10,12H2,1-3H3,(H2,22,25)(H,23,28)(H,24,27)/t13-,17-/m0/s1. The molecule has 0 saturated heterocycles. The minimum absolute atomic E-state index is 0.108. The molecule has 4 N–H and O–H groups in total. The number of carbonyl (C=O) groups excluding carboxylic acids is 2. The minimum atomic E-state index is -0.563. The largest absolute Gasteiger partial charge is 0.375 e. The number of halogens is 1. The van der Waals surface area contributed by atoms with E-state index in [0.717, 1.165) is 23.5 Å². The highest BCUT2D eigenvalue weighted by molar-refractivity contribution is 7.15. The Morgan fingerprint density at radius 1 is 1.24 bits per heavy atom. The second-order valence-corrected chi connectivity index (χ2v) is 8.22. The number of hydrogen-bond acceptors (Lipinski definition) is 6. The van der Waals surface area contributed by atoms with Crippen molar-refractivity contribution in [1.82, 2.24) is 20.5 Å². The van der Waals surface area contributed by atoms with Crippen LogP contribution in [0.25, 0.3) is 0 Å². The first-order valence-electron chi connectivity index (χ1n) is 9.60. The van der Waals surface area contributed by atoms with Crippen molar-refractivity contribution in [3.63, 3.8) is 0 Å².